The molecule has 0 spiro atoms. The summed E-state index contributed by atoms with van der Waals surface area (Å²) in [5, 5.41) is 12.0. The third-order valence-electron chi connectivity index (χ3n) is 3.40. The van der Waals surface area contributed by atoms with Crippen LogP contribution in [0.3, 0.4) is 0 Å². The smallest absolute Gasteiger partial charge is 0.237 e. The number of hydrogen-bond acceptors (Lipinski definition) is 6. The molecule has 0 saturated carbocycles. The summed E-state index contributed by atoms with van der Waals surface area (Å²) < 4.78 is 0. The molecule has 1 aromatic rings. The van der Waals surface area contributed by atoms with Gasteiger partial charge in [-0.2, -0.15) is 5.26 Å². The molecule has 0 unspecified atom stereocenters. The van der Waals surface area contributed by atoms with Gasteiger partial charge in [-0.1, -0.05) is 6.92 Å². The number of amides is 1. The zero-order valence-corrected chi connectivity index (χ0v) is 11.4. The highest BCUT2D eigenvalue weighted by atomic mass is 16.2. The van der Waals surface area contributed by atoms with Gasteiger partial charge >= 0.3 is 0 Å². The van der Waals surface area contributed by atoms with Gasteiger partial charge in [-0.05, 0) is 12.8 Å². The first-order chi connectivity index (χ1) is 9.65. The van der Waals surface area contributed by atoms with Crippen LogP contribution >= 0.6 is 0 Å². The number of nitriles is 1. The summed E-state index contributed by atoms with van der Waals surface area (Å²) in [5.74, 6) is 0.450. The third kappa shape index (κ3) is 3.03. The van der Waals surface area contributed by atoms with E-state index in [9.17, 15) is 4.79 Å². The maximum atomic E-state index is 11.8. The van der Waals surface area contributed by atoms with Crippen LogP contribution in [0.25, 0.3) is 0 Å². The number of rotatable bonds is 4. The quantitative estimate of drug-likeness (QED) is 0.786. The van der Waals surface area contributed by atoms with Gasteiger partial charge in [0.25, 0.3) is 0 Å². The number of nitrogens with two attached hydrogens (primary N) is 1. The summed E-state index contributed by atoms with van der Waals surface area (Å²) in [6, 6.07) is 1.61. The van der Waals surface area contributed by atoms with E-state index in [0.717, 1.165) is 13.0 Å². The third-order valence-corrected chi connectivity index (χ3v) is 3.40. The summed E-state index contributed by atoms with van der Waals surface area (Å²) in [7, 11) is 0. The van der Waals surface area contributed by atoms with Crippen molar-refractivity contribution >= 4 is 11.7 Å². The van der Waals surface area contributed by atoms with E-state index >= 15 is 0 Å². The lowest BCUT2D eigenvalue weighted by molar-refractivity contribution is -0.123. The van der Waals surface area contributed by atoms with Crippen molar-refractivity contribution in [2.24, 2.45) is 5.73 Å². The Labute approximate surface area is 117 Å². The van der Waals surface area contributed by atoms with Gasteiger partial charge in [-0.15, -0.1) is 0 Å². The molecule has 0 aromatic carbocycles. The van der Waals surface area contributed by atoms with Crippen molar-refractivity contribution in [3.8, 4) is 6.07 Å². The molecule has 7 heteroatoms. The average Bonchev–Trinajstić information content (AvgIpc) is 2.94. The summed E-state index contributed by atoms with van der Waals surface area (Å²) in [6.45, 7) is 3.24. The van der Waals surface area contributed by atoms with E-state index in [1.165, 1.54) is 6.20 Å². The first kappa shape index (κ1) is 14.2. The predicted molar refractivity (Wildman–Crippen MR) is 73.8 cm³/mol. The molecule has 1 fully saturated rings. The van der Waals surface area contributed by atoms with E-state index in [1.807, 2.05) is 17.9 Å². The Morgan fingerprint density at radius 3 is 3.10 bits per heavy atom. The second-order valence-electron chi connectivity index (χ2n) is 4.80. The van der Waals surface area contributed by atoms with Crippen LogP contribution in [0.15, 0.2) is 12.4 Å². The molecule has 106 valence electrons. The number of hydrogen-bond donors (Lipinski definition) is 2. The minimum Gasteiger partial charge on any atom is -0.352 e. The highest BCUT2D eigenvalue weighted by molar-refractivity contribution is 5.81. The van der Waals surface area contributed by atoms with Crippen molar-refractivity contribution in [3.05, 3.63) is 18.1 Å². The van der Waals surface area contributed by atoms with Crippen LogP contribution in [-0.2, 0) is 4.79 Å². The molecular formula is C13H18N6O. The molecule has 0 bridgehead atoms. The zero-order valence-electron chi connectivity index (χ0n) is 11.4. The van der Waals surface area contributed by atoms with Crippen molar-refractivity contribution in [2.45, 2.75) is 31.8 Å². The summed E-state index contributed by atoms with van der Waals surface area (Å²) in [4.78, 5) is 21.9. The van der Waals surface area contributed by atoms with Crippen molar-refractivity contribution in [2.75, 3.05) is 18.0 Å². The van der Waals surface area contributed by atoms with Crippen LogP contribution in [0.5, 0.6) is 0 Å². The number of anilines is 1. The van der Waals surface area contributed by atoms with Gasteiger partial charge in [-0.25, -0.2) is 9.97 Å². The van der Waals surface area contributed by atoms with E-state index in [-0.39, 0.29) is 11.9 Å². The minimum absolute atomic E-state index is 0.0358. The molecule has 1 saturated heterocycles. The molecule has 2 rings (SSSR count). The number of nitrogens with one attached hydrogen (secondary N) is 1. The van der Waals surface area contributed by atoms with Gasteiger partial charge in [0.1, 0.15) is 6.07 Å². The van der Waals surface area contributed by atoms with Gasteiger partial charge in [0, 0.05) is 31.5 Å². The standard InChI is InChI=1S/C13H18N6O/c1-2-10(15)13(20)18-9-3-6-19(8-9)12-11(7-14)16-4-5-17-12/h4-5,9-10H,2-3,6,8,15H2,1H3,(H,18,20)/t9-,10-/m0/s1. The number of nitrogens with zero attached hydrogens (tertiary/aromatic N) is 4. The van der Waals surface area contributed by atoms with Gasteiger partial charge in [0.2, 0.25) is 5.91 Å². The van der Waals surface area contributed by atoms with Gasteiger partial charge in [-0.3, -0.25) is 4.79 Å². The Morgan fingerprint density at radius 1 is 1.65 bits per heavy atom. The molecule has 7 nitrogen and oxygen atoms in total. The molecule has 0 radical (unpaired) electrons. The van der Waals surface area contributed by atoms with E-state index in [0.29, 0.717) is 24.5 Å². The lowest BCUT2D eigenvalue weighted by atomic mass is 10.2. The number of carbonyl (C=O) groups excluding carboxylic acids is 1. The molecule has 3 N–H and O–H groups in total. The van der Waals surface area contributed by atoms with E-state index in [4.69, 9.17) is 11.0 Å². The Balaban J connectivity index is 1.99. The van der Waals surface area contributed by atoms with Crippen molar-refractivity contribution < 1.29 is 4.79 Å². The molecule has 0 aliphatic carbocycles. The second kappa shape index (κ2) is 6.30. The molecule has 20 heavy (non-hydrogen) atoms. The average molecular weight is 274 g/mol. The van der Waals surface area contributed by atoms with E-state index < -0.39 is 6.04 Å². The summed E-state index contributed by atoms with van der Waals surface area (Å²) >= 11 is 0. The van der Waals surface area contributed by atoms with Crippen LogP contribution in [0.4, 0.5) is 5.82 Å². The lowest BCUT2D eigenvalue weighted by Gasteiger charge is -2.19. The summed E-state index contributed by atoms with van der Waals surface area (Å²) in [5.41, 5.74) is 6.00. The van der Waals surface area contributed by atoms with Crippen molar-refractivity contribution in [1.82, 2.24) is 15.3 Å². The SMILES string of the molecule is CC[C@H](N)C(=O)N[C@H]1CCN(c2nccnc2C#N)C1. The van der Waals surface area contributed by atoms with Gasteiger partial charge < -0.3 is 16.0 Å². The van der Waals surface area contributed by atoms with Crippen molar-refractivity contribution in [3.63, 3.8) is 0 Å². The summed E-state index contributed by atoms with van der Waals surface area (Å²) in [6.07, 6.45) is 4.49. The lowest BCUT2D eigenvalue weighted by Crippen LogP contribution is -2.46. The fraction of sp³-hybridized carbons (Fsp3) is 0.538. The Morgan fingerprint density at radius 2 is 2.40 bits per heavy atom. The molecule has 2 heterocycles. The number of aromatic nitrogens is 2. The first-order valence-corrected chi connectivity index (χ1v) is 6.67. The second-order valence-corrected chi connectivity index (χ2v) is 4.80. The van der Waals surface area contributed by atoms with E-state index in [2.05, 4.69) is 15.3 Å². The van der Waals surface area contributed by atoms with Crippen molar-refractivity contribution in [1.29, 1.82) is 5.26 Å². The minimum atomic E-state index is -0.463. The maximum absolute atomic E-state index is 11.8. The highest BCUT2D eigenvalue weighted by Gasteiger charge is 2.27. The zero-order chi connectivity index (χ0) is 14.5. The maximum Gasteiger partial charge on any atom is 0.237 e. The van der Waals surface area contributed by atoms with Gasteiger partial charge in [0.15, 0.2) is 11.5 Å². The molecule has 1 aliphatic heterocycles. The van der Waals surface area contributed by atoms with Crippen LogP contribution in [0, 0.1) is 11.3 Å². The van der Waals surface area contributed by atoms with Crippen LogP contribution in [0.2, 0.25) is 0 Å². The fourth-order valence-corrected chi connectivity index (χ4v) is 2.21. The normalized spacial score (nSPS) is 19.4. The Bertz CT molecular complexity index is 526. The fourth-order valence-electron chi connectivity index (χ4n) is 2.21. The molecular weight excluding hydrogens is 256 g/mol. The topological polar surface area (TPSA) is 108 Å². The van der Waals surface area contributed by atoms with E-state index in [1.54, 1.807) is 6.20 Å². The Kier molecular flexibility index (Phi) is 4.48. The van der Waals surface area contributed by atoms with Crippen LogP contribution in [0.1, 0.15) is 25.5 Å². The highest BCUT2D eigenvalue weighted by Crippen LogP contribution is 2.20. The number of carbonyl (C=O) groups is 1. The molecule has 2 atom stereocenters. The Hall–Kier alpha value is -2.20. The molecule has 1 aliphatic rings. The largest absolute Gasteiger partial charge is 0.352 e. The molecule has 1 amide bonds. The van der Waals surface area contributed by atoms with Crippen LogP contribution < -0.4 is 16.0 Å². The monoisotopic (exact) mass is 274 g/mol. The van der Waals surface area contributed by atoms with Crippen LogP contribution in [-0.4, -0.2) is 41.0 Å². The first-order valence-electron chi connectivity index (χ1n) is 6.67. The van der Waals surface area contributed by atoms with Gasteiger partial charge in [0.05, 0.1) is 6.04 Å². The predicted octanol–water partition coefficient (Wildman–Crippen LogP) is -0.220. The molecule has 1 aromatic heterocycles.